The molecule has 11 heteroatoms. The monoisotopic (exact) mass is 507 g/mol. The minimum atomic E-state index is -0.473. The molecule has 0 saturated carbocycles. The van der Waals surface area contributed by atoms with Crippen molar-refractivity contribution >= 4 is 6.09 Å². The lowest BCUT2D eigenvalue weighted by atomic mass is 9.74. The van der Waals surface area contributed by atoms with Crippen LogP contribution in [0.3, 0.4) is 0 Å². The number of hydrazine groups is 1. The quantitative estimate of drug-likeness (QED) is 0.551. The van der Waals surface area contributed by atoms with E-state index in [0.717, 1.165) is 16.9 Å². The van der Waals surface area contributed by atoms with Crippen LogP contribution in [-0.2, 0) is 9.47 Å². The maximum Gasteiger partial charge on any atom is 0.415 e. The van der Waals surface area contributed by atoms with Crippen LogP contribution in [0.5, 0.6) is 17.2 Å². The summed E-state index contributed by atoms with van der Waals surface area (Å²) in [5.41, 5.74) is 14.7. The maximum atomic E-state index is 12.6. The largest absolute Gasteiger partial charge is 0.497 e. The first kappa shape index (κ1) is 24.7. The fourth-order valence-electron chi connectivity index (χ4n) is 5.06. The van der Waals surface area contributed by atoms with Crippen molar-refractivity contribution in [3.05, 3.63) is 65.0 Å². The summed E-state index contributed by atoms with van der Waals surface area (Å²) in [6.07, 6.45) is -0.940. The molecule has 11 nitrogen and oxygen atoms in total. The summed E-state index contributed by atoms with van der Waals surface area (Å²) in [6.45, 7) is 1.87. The van der Waals surface area contributed by atoms with Crippen LogP contribution in [-0.4, -0.2) is 57.7 Å². The Bertz CT molecular complexity index is 1220. The third-order valence-electron chi connectivity index (χ3n) is 6.94. The van der Waals surface area contributed by atoms with Gasteiger partial charge in [-0.1, -0.05) is 18.2 Å². The molecule has 0 bridgehead atoms. The molecule has 4 N–H and O–H groups in total. The number of nitriles is 1. The average molecular weight is 508 g/mol. The highest BCUT2D eigenvalue weighted by Gasteiger charge is 2.49. The number of fused-ring (bicyclic) bond motifs is 1. The Hall–Kier alpha value is -3.98. The molecule has 0 aromatic heterocycles. The minimum Gasteiger partial charge on any atom is -0.497 e. The second kappa shape index (κ2) is 10.6. The van der Waals surface area contributed by atoms with E-state index in [4.69, 9.17) is 29.4 Å². The van der Waals surface area contributed by atoms with Crippen molar-refractivity contribution in [2.45, 2.75) is 18.2 Å². The Kier molecular flexibility index (Phi) is 7.05. The van der Waals surface area contributed by atoms with Crippen molar-refractivity contribution in [3.8, 4) is 23.3 Å². The summed E-state index contributed by atoms with van der Waals surface area (Å²) >= 11 is 0. The van der Waals surface area contributed by atoms with Crippen molar-refractivity contribution in [1.82, 2.24) is 15.8 Å². The number of nitrogens with one attached hydrogen (secondary N) is 2. The number of hydrogen-bond acceptors (Lipinski definition) is 10. The number of allylic oxidation sites excluding steroid dienone is 1. The number of amides is 1. The minimum absolute atomic E-state index is 0.0696. The van der Waals surface area contributed by atoms with Gasteiger partial charge in [0.05, 0.1) is 39.0 Å². The van der Waals surface area contributed by atoms with E-state index >= 15 is 0 Å². The molecule has 1 amide bonds. The second-order valence-corrected chi connectivity index (χ2v) is 8.90. The van der Waals surface area contributed by atoms with Gasteiger partial charge in [-0.15, -0.1) is 0 Å². The standard InChI is InChI=1S/C26H29N5O6/c1-33-17-6-3-15(4-7-17)23-22-21(18(14-27)24(28)37-25(22)30-29-23)16-5-8-19(20(13-16)34-2)36-26(32)31-9-11-35-12-10-31/h3-8,13,21-23,25,29-30H,9-12,28H2,1-2H3. The van der Waals surface area contributed by atoms with Gasteiger partial charge in [-0.2, -0.15) is 5.26 Å². The highest BCUT2D eigenvalue weighted by atomic mass is 16.6. The molecule has 3 aliphatic heterocycles. The normalized spacial score (nSPS) is 25.1. The van der Waals surface area contributed by atoms with Crippen LogP contribution in [0.4, 0.5) is 4.79 Å². The van der Waals surface area contributed by atoms with Gasteiger partial charge in [0, 0.05) is 24.9 Å². The second-order valence-electron chi connectivity index (χ2n) is 8.90. The molecule has 3 aliphatic rings. The first-order chi connectivity index (χ1) is 18.0. The zero-order valence-electron chi connectivity index (χ0n) is 20.6. The predicted octanol–water partition coefficient (Wildman–Crippen LogP) is 2.13. The van der Waals surface area contributed by atoms with E-state index in [1.165, 1.54) is 7.11 Å². The number of hydrogen-bond donors (Lipinski definition) is 3. The Balaban J connectivity index is 1.48. The van der Waals surface area contributed by atoms with Crippen LogP contribution >= 0.6 is 0 Å². The van der Waals surface area contributed by atoms with Crippen molar-refractivity contribution in [2.75, 3.05) is 40.5 Å². The van der Waals surface area contributed by atoms with Gasteiger partial charge in [-0.3, -0.25) is 0 Å². The molecule has 0 aliphatic carbocycles. The van der Waals surface area contributed by atoms with Crippen molar-refractivity contribution in [3.63, 3.8) is 0 Å². The fraction of sp³-hybridized carbons (Fsp3) is 0.385. The van der Waals surface area contributed by atoms with E-state index in [2.05, 4.69) is 16.9 Å². The van der Waals surface area contributed by atoms with E-state index < -0.39 is 18.2 Å². The number of nitrogens with two attached hydrogens (primary N) is 1. The molecule has 2 aromatic rings. The van der Waals surface area contributed by atoms with Gasteiger partial charge < -0.3 is 34.3 Å². The van der Waals surface area contributed by atoms with E-state index in [1.54, 1.807) is 24.1 Å². The number of carbonyl (C=O) groups excluding carboxylic acids is 1. The van der Waals surface area contributed by atoms with E-state index in [9.17, 15) is 10.1 Å². The number of methoxy groups -OCH3 is 2. The van der Waals surface area contributed by atoms with Crippen LogP contribution in [0.15, 0.2) is 53.9 Å². The molecule has 0 radical (unpaired) electrons. The molecule has 2 aromatic carbocycles. The summed E-state index contributed by atoms with van der Waals surface area (Å²) in [5.74, 6) is 0.837. The molecule has 4 atom stereocenters. The van der Waals surface area contributed by atoms with Crippen LogP contribution in [0, 0.1) is 17.2 Å². The highest BCUT2D eigenvalue weighted by molar-refractivity contribution is 5.72. The molecule has 3 heterocycles. The Morgan fingerprint density at radius 2 is 1.78 bits per heavy atom. The van der Waals surface area contributed by atoms with Gasteiger partial charge in [0.1, 0.15) is 11.8 Å². The van der Waals surface area contributed by atoms with Gasteiger partial charge in [-0.25, -0.2) is 15.6 Å². The lowest BCUT2D eigenvalue weighted by molar-refractivity contribution is 0.0340. The summed E-state index contributed by atoms with van der Waals surface area (Å²) in [7, 11) is 3.12. The van der Waals surface area contributed by atoms with Crippen LogP contribution in [0.1, 0.15) is 23.1 Å². The lowest BCUT2D eigenvalue weighted by Gasteiger charge is -2.36. The third kappa shape index (κ3) is 4.74. The van der Waals surface area contributed by atoms with Crippen LogP contribution in [0.25, 0.3) is 0 Å². The van der Waals surface area contributed by atoms with E-state index in [1.807, 2.05) is 30.3 Å². The molecular weight excluding hydrogens is 478 g/mol. The van der Waals surface area contributed by atoms with E-state index in [-0.39, 0.29) is 23.6 Å². The summed E-state index contributed by atoms with van der Waals surface area (Å²) in [5, 5.41) is 10.0. The molecular formula is C26H29N5O6. The van der Waals surface area contributed by atoms with Gasteiger partial charge in [0.15, 0.2) is 17.7 Å². The van der Waals surface area contributed by atoms with Crippen molar-refractivity contribution in [1.29, 1.82) is 5.26 Å². The molecule has 2 saturated heterocycles. The van der Waals surface area contributed by atoms with E-state index in [0.29, 0.717) is 37.6 Å². The first-order valence-electron chi connectivity index (χ1n) is 12.0. The third-order valence-corrected chi connectivity index (χ3v) is 6.94. The Morgan fingerprint density at radius 3 is 2.46 bits per heavy atom. The summed E-state index contributed by atoms with van der Waals surface area (Å²) in [6, 6.07) is 15.1. The maximum absolute atomic E-state index is 12.6. The number of benzene rings is 2. The van der Waals surface area contributed by atoms with Crippen molar-refractivity contribution in [2.24, 2.45) is 11.7 Å². The first-order valence-corrected chi connectivity index (χ1v) is 12.0. The highest BCUT2D eigenvalue weighted by Crippen LogP contribution is 2.48. The summed E-state index contributed by atoms with van der Waals surface area (Å²) in [4.78, 5) is 14.2. The SMILES string of the molecule is COc1ccc(C2NNC3OC(N)=C(C#N)C(c4ccc(OC(=O)N5CCOCC5)c(OC)c4)C32)cc1. The van der Waals surface area contributed by atoms with Crippen LogP contribution < -0.4 is 30.8 Å². The molecule has 194 valence electrons. The zero-order chi connectivity index (χ0) is 25.9. The molecule has 5 rings (SSSR count). The number of carbonyl (C=O) groups is 1. The van der Waals surface area contributed by atoms with Crippen LogP contribution in [0.2, 0.25) is 0 Å². The number of nitrogens with zero attached hydrogens (tertiary/aromatic N) is 2. The number of morpholine rings is 1. The predicted molar refractivity (Wildman–Crippen MR) is 131 cm³/mol. The molecule has 2 fully saturated rings. The van der Waals surface area contributed by atoms with Crippen molar-refractivity contribution < 1.29 is 28.5 Å². The summed E-state index contributed by atoms with van der Waals surface area (Å²) < 4.78 is 27.7. The van der Waals surface area contributed by atoms with Gasteiger partial charge >= 0.3 is 6.09 Å². The number of ether oxygens (including phenoxy) is 5. The zero-order valence-corrected chi connectivity index (χ0v) is 20.6. The fourth-order valence-corrected chi connectivity index (χ4v) is 5.06. The molecule has 37 heavy (non-hydrogen) atoms. The lowest BCUT2D eigenvalue weighted by Crippen LogP contribution is -2.42. The smallest absolute Gasteiger partial charge is 0.415 e. The Morgan fingerprint density at radius 1 is 1.05 bits per heavy atom. The molecule has 4 unspecified atom stereocenters. The van der Waals surface area contributed by atoms with Gasteiger partial charge in [0.25, 0.3) is 0 Å². The Labute approximate surface area is 214 Å². The van der Waals surface area contributed by atoms with Gasteiger partial charge in [0.2, 0.25) is 5.88 Å². The van der Waals surface area contributed by atoms with Gasteiger partial charge in [-0.05, 0) is 35.4 Å². The number of rotatable bonds is 5. The average Bonchev–Trinajstić information content (AvgIpc) is 3.36. The molecule has 0 spiro atoms. The topological polar surface area (TPSA) is 140 Å².